The number of thiazole rings is 1. The van der Waals surface area contributed by atoms with Crippen LogP contribution in [0.2, 0.25) is 0 Å². The third-order valence-electron chi connectivity index (χ3n) is 3.85. The maximum Gasteiger partial charge on any atom is 0.244 e. The van der Waals surface area contributed by atoms with Gasteiger partial charge in [-0.05, 0) is 36.8 Å². The summed E-state index contributed by atoms with van der Waals surface area (Å²) < 4.78 is 1.13. The molecule has 0 radical (unpaired) electrons. The predicted octanol–water partition coefficient (Wildman–Crippen LogP) is 3.95. The summed E-state index contributed by atoms with van der Waals surface area (Å²) in [5, 5.41) is 3.77. The number of hydrogen-bond donors (Lipinski definition) is 1. The van der Waals surface area contributed by atoms with E-state index in [0.717, 1.165) is 28.2 Å². The molecule has 0 unspecified atom stereocenters. The van der Waals surface area contributed by atoms with Crippen LogP contribution in [0.5, 0.6) is 0 Å². The van der Waals surface area contributed by atoms with E-state index in [1.54, 1.807) is 23.5 Å². The van der Waals surface area contributed by atoms with Crippen molar-refractivity contribution in [3.8, 4) is 0 Å². The molecule has 5 heteroatoms. The van der Waals surface area contributed by atoms with Crippen LogP contribution in [-0.4, -0.2) is 31.0 Å². The fraction of sp³-hybridized carbons (Fsp3) is 0.200. The highest BCUT2D eigenvalue weighted by Crippen LogP contribution is 2.22. The second kappa shape index (κ2) is 8.44. The van der Waals surface area contributed by atoms with E-state index in [-0.39, 0.29) is 5.91 Å². The van der Waals surface area contributed by atoms with Gasteiger partial charge >= 0.3 is 0 Å². The number of fused-ring (bicyclic) bond motifs is 1. The highest BCUT2D eigenvalue weighted by atomic mass is 32.1. The Morgan fingerprint density at radius 2 is 1.92 bits per heavy atom. The Hall–Kier alpha value is -2.66. The number of rotatable bonds is 7. The van der Waals surface area contributed by atoms with Gasteiger partial charge in [0.15, 0.2) is 0 Å². The van der Waals surface area contributed by atoms with Gasteiger partial charge in [0.05, 0.1) is 10.2 Å². The maximum absolute atomic E-state index is 11.9. The fourth-order valence-electron chi connectivity index (χ4n) is 2.51. The molecule has 0 spiro atoms. The van der Waals surface area contributed by atoms with Crippen LogP contribution < -0.4 is 10.2 Å². The van der Waals surface area contributed by atoms with E-state index >= 15 is 0 Å². The van der Waals surface area contributed by atoms with Crippen LogP contribution in [0, 0.1) is 0 Å². The molecule has 0 saturated heterocycles. The molecule has 0 saturated carbocycles. The normalized spacial score (nSPS) is 11.1. The zero-order valence-corrected chi connectivity index (χ0v) is 15.0. The number of hydrogen-bond acceptors (Lipinski definition) is 4. The highest BCUT2D eigenvalue weighted by molar-refractivity contribution is 7.19. The Balaban J connectivity index is 1.42. The minimum absolute atomic E-state index is 0.0818. The van der Waals surface area contributed by atoms with Gasteiger partial charge in [-0.1, -0.05) is 30.3 Å². The second-order valence-electron chi connectivity index (χ2n) is 5.75. The summed E-state index contributed by atoms with van der Waals surface area (Å²) in [7, 11) is 2.06. The molecule has 128 valence electrons. The van der Waals surface area contributed by atoms with E-state index in [9.17, 15) is 4.79 Å². The van der Waals surface area contributed by atoms with Crippen LogP contribution in [0.3, 0.4) is 0 Å². The molecule has 1 amide bonds. The molecule has 0 bridgehead atoms. The van der Waals surface area contributed by atoms with Crippen molar-refractivity contribution >= 4 is 39.2 Å². The van der Waals surface area contributed by atoms with Crippen LogP contribution in [0.15, 0.2) is 60.7 Å². The fourth-order valence-corrected chi connectivity index (χ4v) is 3.38. The summed E-state index contributed by atoms with van der Waals surface area (Å²) in [6.07, 6.45) is 4.22. The number of carbonyl (C=O) groups is 1. The van der Waals surface area contributed by atoms with E-state index < -0.39 is 0 Å². The molecule has 1 aromatic heterocycles. The third kappa shape index (κ3) is 4.90. The highest BCUT2D eigenvalue weighted by Gasteiger charge is 2.02. The van der Waals surface area contributed by atoms with Gasteiger partial charge in [0.1, 0.15) is 5.01 Å². The Bertz CT molecular complexity index is 825. The van der Waals surface area contributed by atoms with Gasteiger partial charge in [0.25, 0.3) is 0 Å². The molecule has 2 aromatic carbocycles. The zero-order valence-electron chi connectivity index (χ0n) is 14.2. The van der Waals surface area contributed by atoms with E-state index in [4.69, 9.17) is 0 Å². The summed E-state index contributed by atoms with van der Waals surface area (Å²) >= 11 is 1.58. The molecule has 0 aliphatic rings. The average molecular weight is 351 g/mol. The Morgan fingerprint density at radius 1 is 1.16 bits per heavy atom. The summed E-state index contributed by atoms with van der Waals surface area (Å²) in [6, 6.07) is 18.2. The van der Waals surface area contributed by atoms with Gasteiger partial charge in [-0.3, -0.25) is 4.79 Å². The summed E-state index contributed by atoms with van der Waals surface area (Å²) in [4.78, 5) is 18.6. The first-order valence-electron chi connectivity index (χ1n) is 8.30. The Kier molecular flexibility index (Phi) is 5.80. The number of nitrogens with one attached hydrogen (secondary N) is 1. The molecule has 4 nitrogen and oxygen atoms in total. The molecule has 0 aliphatic carbocycles. The first-order valence-corrected chi connectivity index (χ1v) is 9.12. The molecular weight excluding hydrogens is 330 g/mol. The van der Waals surface area contributed by atoms with E-state index in [0.29, 0.717) is 6.54 Å². The van der Waals surface area contributed by atoms with Crippen LogP contribution >= 0.6 is 11.3 Å². The monoisotopic (exact) mass is 351 g/mol. The van der Waals surface area contributed by atoms with Crippen molar-refractivity contribution in [2.24, 2.45) is 0 Å². The van der Waals surface area contributed by atoms with Crippen LogP contribution in [0.1, 0.15) is 11.4 Å². The Morgan fingerprint density at radius 3 is 2.72 bits per heavy atom. The van der Waals surface area contributed by atoms with Crippen molar-refractivity contribution < 1.29 is 4.79 Å². The number of benzene rings is 2. The lowest BCUT2D eigenvalue weighted by atomic mass is 10.3. The number of para-hydroxylation sites is 2. The first kappa shape index (κ1) is 17.2. The molecular formula is C20H21N3OS. The SMILES string of the molecule is CN(CCCNC(=O)/C=C/c1nc2ccccc2s1)c1ccccc1. The van der Waals surface area contributed by atoms with Crippen molar-refractivity contribution in [3.63, 3.8) is 0 Å². The standard InChI is InChI=1S/C20H21N3OS/c1-23(16-8-3-2-4-9-16)15-7-14-21-19(24)12-13-20-22-17-10-5-6-11-18(17)25-20/h2-6,8-13H,7,14-15H2,1H3,(H,21,24)/b13-12+. The third-order valence-corrected chi connectivity index (χ3v) is 4.86. The van der Waals surface area contributed by atoms with E-state index in [2.05, 4.69) is 34.4 Å². The summed E-state index contributed by atoms with van der Waals surface area (Å²) in [6.45, 7) is 1.55. The summed E-state index contributed by atoms with van der Waals surface area (Å²) in [5.74, 6) is -0.0818. The summed E-state index contributed by atoms with van der Waals surface area (Å²) in [5.41, 5.74) is 2.15. The van der Waals surface area contributed by atoms with Gasteiger partial charge < -0.3 is 10.2 Å². The number of nitrogens with zero attached hydrogens (tertiary/aromatic N) is 2. The lowest BCUT2D eigenvalue weighted by molar-refractivity contribution is -0.116. The van der Waals surface area contributed by atoms with Gasteiger partial charge in [0, 0.05) is 31.9 Å². The van der Waals surface area contributed by atoms with Crippen LogP contribution in [0.4, 0.5) is 5.69 Å². The van der Waals surface area contributed by atoms with E-state index in [1.165, 1.54) is 5.69 Å². The van der Waals surface area contributed by atoms with E-state index in [1.807, 2.05) is 42.5 Å². The van der Waals surface area contributed by atoms with Crippen molar-refractivity contribution in [3.05, 3.63) is 65.7 Å². The Labute approximate surface area is 151 Å². The van der Waals surface area contributed by atoms with Crippen LogP contribution in [0.25, 0.3) is 16.3 Å². The molecule has 3 aromatic rings. The van der Waals surface area contributed by atoms with Crippen LogP contribution in [-0.2, 0) is 4.79 Å². The number of carbonyl (C=O) groups excluding carboxylic acids is 1. The van der Waals surface area contributed by atoms with Gasteiger partial charge in [-0.2, -0.15) is 0 Å². The van der Waals surface area contributed by atoms with Crippen molar-refractivity contribution in [2.45, 2.75) is 6.42 Å². The minimum Gasteiger partial charge on any atom is -0.375 e. The molecule has 1 N–H and O–H groups in total. The first-order chi connectivity index (χ1) is 12.2. The smallest absolute Gasteiger partial charge is 0.244 e. The largest absolute Gasteiger partial charge is 0.375 e. The molecule has 25 heavy (non-hydrogen) atoms. The average Bonchev–Trinajstić information content (AvgIpc) is 3.07. The van der Waals surface area contributed by atoms with Crippen molar-refractivity contribution in [2.75, 3.05) is 25.0 Å². The van der Waals surface area contributed by atoms with Gasteiger partial charge in [-0.25, -0.2) is 4.98 Å². The lowest BCUT2D eigenvalue weighted by Crippen LogP contribution is -2.26. The molecule has 3 rings (SSSR count). The minimum atomic E-state index is -0.0818. The molecule has 0 aliphatic heterocycles. The topological polar surface area (TPSA) is 45.2 Å². The van der Waals surface area contributed by atoms with Crippen molar-refractivity contribution in [1.82, 2.24) is 10.3 Å². The molecule has 0 fully saturated rings. The number of amides is 1. The van der Waals surface area contributed by atoms with Gasteiger partial charge in [-0.15, -0.1) is 11.3 Å². The van der Waals surface area contributed by atoms with Crippen molar-refractivity contribution in [1.29, 1.82) is 0 Å². The lowest BCUT2D eigenvalue weighted by Gasteiger charge is -2.18. The predicted molar refractivity (Wildman–Crippen MR) is 106 cm³/mol. The quantitative estimate of drug-likeness (QED) is 0.518. The molecule has 0 atom stereocenters. The zero-order chi connectivity index (χ0) is 17.5. The maximum atomic E-state index is 11.9. The number of anilines is 1. The number of aromatic nitrogens is 1. The second-order valence-corrected chi connectivity index (χ2v) is 6.82. The molecule has 1 heterocycles. The van der Waals surface area contributed by atoms with Gasteiger partial charge in [0.2, 0.25) is 5.91 Å².